The van der Waals surface area contributed by atoms with E-state index in [0.717, 1.165) is 28.3 Å². The largest absolute Gasteiger partial charge is 0.497 e. The molecule has 1 aromatic heterocycles. The maximum absolute atomic E-state index is 13.8. The number of carbonyl (C=O) groups excluding carboxylic acids is 1. The summed E-state index contributed by atoms with van der Waals surface area (Å²) in [5, 5.41) is 2.76. The first-order chi connectivity index (χ1) is 13.1. The van der Waals surface area contributed by atoms with Crippen LogP contribution in [-0.2, 0) is 6.42 Å². The average molecular weight is 388 g/mol. The molecule has 0 atom stereocenters. The molecule has 4 rings (SSSR count). The van der Waals surface area contributed by atoms with Gasteiger partial charge in [-0.1, -0.05) is 17.4 Å². The van der Waals surface area contributed by atoms with Gasteiger partial charge in [0.05, 0.1) is 24.3 Å². The summed E-state index contributed by atoms with van der Waals surface area (Å²) >= 11 is 1.22. The highest BCUT2D eigenvalue weighted by Gasteiger charge is 2.23. The zero-order valence-electron chi connectivity index (χ0n) is 14.2. The zero-order valence-corrected chi connectivity index (χ0v) is 15.0. The molecule has 0 saturated heterocycles. The van der Waals surface area contributed by atoms with Gasteiger partial charge in [-0.25, -0.2) is 13.8 Å². The first-order valence-corrected chi connectivity index (χ1v) is 8.94. The number of anilines is 1. The summed E-state index contributed by atoms with van der Waals surface area (Å²) in [7, 11) is 1.57. The van der Waals surface area contributed by atoms with E-state index in [2.05, 4.69) is 10.3 Å². The third kappa shape index (κ3) is 3.23. The van der Waals surface area contributed by atoms with Crippen molar-refractivity contribution in [3.8, 4) is 21.9 Å². The van der Waals surface area contributed by atoms with Crippen molar-refractivity contribution in [2.75, 3.05) is 19.0 Å². The van der Waals surface area contributed by atoms with Gasteiger partial charge < -0.3 is 9.47 Å². The summed E-state index contributed by atoms with van der Waals surface area (Å²) in [6.45, 7) is 0.436. The molecule has 0 bridgehead atoms. The minimum Gasteiger partial charge on any atom is -0.497 e. The smallest absolute Gasteiger partial charge is 0.263 e. The number of nitrogens with zero attached hydrogens (tertiary/aromatic N) is 1. The molecule has 1 aliphatic rings. The number of thiazole rings is 1. The lowest BCUT2D eigenvalue weighted by molar-refractivity contribution is 0.101. The molecule has 5 nitrogen and oxygen atoms in total. The van der Waals surface area contributed by atoms with Gasteiger partial charge in [-0.3, -0.25) is 10.1 Å². The average Bonchev–Trinajstić information content (AvgIpc) is 2.96. The Bertz CT molecular complexity index is 1020. The van der Waals surface area contributed by atoms with Gasteiger partial charge in [0.25, 0.3) is 5.91 Å². The lowest BCUT2D eigenvalue weighted by Crippen LogP contribution is -2.15. The maximum Gasteiger partial charge on any atom is 0.263 e. The van der Waals surface area contributed by atoms with Crippen LogP contribution in [0.3, 0.4) is 0 Å². The number of fused-ring (bicyclic) bond motifs is 3. The minimum absolute atomic E-state index is 0.267. The number of carbonyl (C=O) groups is 1. The fourth-order valence-corrected chi connectivity index (χ4v) is 3.88. The number of hydrogen-bond donors (Lipinski definition) is 1. The van der Waals surface area contributed by atoms with Crippen LogP contribution in [0, 0.1) is 11.6 Å². The summed E-state index contributed by atoms with van der Waals surface area (Å²) in [6, 6.07) is 8.73. The fourth-order valence-electron chi connectivity index (χ4n) is 2.86. The van der Waals surface area contributed by atoms with Crippen molar-refractivity contribution < 1.29 is 23.0 Å². The van der Waals surface area contributed by atoms with Crippen molar-refractivity contribution in [2.45, 2.75) is 6.42 Å². The van der Waals surface area contributed by atoms with E-state index in [4.69, 9.17) is 9.47 Å². The van der Waals surface area contributed by atoms with E-state index in [-0.39, 0.29) is 5.13 Å². The first kappa shape index (κ1) is 17.4. The molecule has 2 aromatic carbocycles. The Kier molecular flexibility index (Phi) is 4.49. The van der Waals surface area contributed by atoms with Gasteiger partial charge in [0.1, 0.15) is 28.7 Å². The molecule has 8 heteroatoms. The van der Waals surface area contributed by atoms with Crippen LogP contribution < -0.4 is 14.8 Å². The Morgan fingerprint density at radius 1 is 1.26 bits per heavy atom. The highest BCUT2D eigenvalue weighted by Crippen LogP contribution is 2.42. The van der Waals surface area contributed by atoms with Crippen LogP contribution in [0.4, 0.5) is 13.9 Å². The Morgan fingerprint density at radius 2 is 2.04 bits per heavy atom. The van der Waals surface area contributed by atoms with Crippen LogP contribution in [0.25, 0.3) is 10.4 Å². The number of halogens is 2. The number of aromatic nitrogens is 1. The monoisotopic (exact) mass is 388 g/mol. The summed E-state index contributed by atoms with van der Waals surface area (Å²) in [6.07, 6.45) is 0.548. The van der Waals surface area contributed by atoms with E-state index < -0.39 is 23.1 Å². The van der Waals surface area contributed by atoms with Crippen molar-refractivity contribution in [3.63, 3.8) is 0 Å². The van der Waals surface area contributed by atoms with E-state index in [1.54, 1.807) is 13.2 Å². The van der Waals surface area contributed by atoms with Crippen molar-refractivity contribution >= 4 is 22.4 Å². The van der Waals surface area contributed by atoms with Crippen molar-refractivity contribution in [2.24, 2.45) is 0 Å². The van der Waals surface area contributed by atoms with Gasteiger partial charge >= 0.3 is 0 Å². The number of nitrogens with one attached hydrogen (secondary N) is 1. The summed E-state index contributed by atoms with van der Waals surface area (Å²) in [5.74, 6) is -1.37. The van der Waals surface area contributed by atoms with E-state index >= 15 is 0 Å². The molecule has 0 aliphatic carbocycles. The molecule has 1 amide bonds. The van der Waals surface area contributed by atoms with Crippen molar-refractivity contribution in [3.05, 3.63) is 59.3 Å². The Morgan fingerprint density at radius 3 is 2.78 bits per heavy atom. The molecule has 0 unspecified atom stereocenters. The van der Waals surface area contributed by atoms with E-state index in [0.29, 0.717) is 24.5 Å². The number of amides is 1. The molecule has 0 spiro atoms. The molecule has 0 fully saturated rings. The zero-order chi connectivity index (χ0) is 19.0. The summed E-state index contributed by atoms with van der Waals surface area (Å²) < 4.78 is 38.6. The maximum atomic E-state index is 13.8. The number of hydrogen-bond acceptors (Lipinski definition) is 5. The molecule has 0 radical (unpaired) electrons. The van der Waals surface area contributed by atoms with Gasteiger partial charge in [0.2, 0.25) is 0 Å². The third-order valence-corrected chi connectivity index (χ3v) is 5.18. The SMILES string of the molecule is COc1ccc2c(c1)-c1sc(NC(=O)c3c(F)cccc3F)nc1CCO2. The topological polar surface area (TPSA) is 60.5 Å². The lowest BCUT2D eigenvalue weighted by Gasteiger charge is -2.08. The van der Waals surface area contributed by atoms with Gasteiger partial charge in [0, 0.05) is 12.0 Å². The van der Waals surface area contributed by atoms with Gasteiger partial charge in [0.15, 0.2) is 5.13 Å². The molecule has 1 N–H and O–H groups in total. The second-order valence-electron chi connectivity index (χ2n) is 5.81. The van der Waals surface area contributed by atoms with Crippen LogP contribution in [0.15, 0.2) is 36.4 Å². The second-order valence-corrected chi connectivity index (χ2v) is 6.81. The van der Waals surface area contributed by atoms with Crippen molar-refractivity contribution in [1.29, 1.82) is 0 Å². The minimum atomic E-state index is -0.922. The molecule has 2 heterocycles. The van der Waals surface area contributed by atoms with Crippen LogP contribution in [0.5, 0.6) is 11.5 Å². The van der Waals surface area contributed by atoms with Gasteiger partial charge in [-0.05, 0) is 30.3 Å². The number of rotatable bonds is 3. The van der Waals surface area contributed by atoms with E-state index in [1.807, 2.05) is 12.1 Å². The molecule has 1 aliphatic heterocycles. The van der Waals surface area contributed by atoms with Crippen LogP contribution in [0.2, 0.25) is 0 Å². The van der Waals surface area contributed by atoms with Crippen LogP contribution in [-0.4, -0.2) is 24.6 Å². The molecular weight excluding hydrogens is 374 g/mol. The molecule has 0 saturated carbocycles. The number of ether oxygens (including phenoxy) is 2. The molecule has 3 aromatic rings. The lowest BCUT2D eigenvalue weighted by atomic mass is 10.1. The number of benzene rings is 2. The van der Waals surface area contributed by atoms with E-state index in [1.165, 1.54) is 17.4 Å². The predicted molar refractivity (Wildman–Crippen MR) is 97.6 cm³/mol. The van der Waals surface area contributed by atoms with Gasteiger partial charge in [-0.2, -0.15) is 0 Å². The summed E-state index contributed by atoms with van der Waals surface area (Å²) in [5.41, 5.74) is 0.918. The quantitative estimate of drug-likeness (QED) is 0.727. The van der Waals surface area contributed by atoms with Gasteiger partial charge in [-0.15, -0.1) is 0 Å². The Balaban J connectivity index is 1.69. The highest BCUT2D eigenvalue weighted by molar-refractivity contribution is 7.19. The number of methoxy groups -OCH3 is 1. The van der Waals surface area contributed by atoms with Crippen LogP contribution >= 0.6 is 11.3 Å². The van der Waals surface area contributed by atoms with Crippen LogP contribution in [0.1, 0.15) is 16.1 Å². The normalized spacial score (nSPS) is 12.4. The second kappa shape index (κ2) is 6.96. The summed E-state index contributed by atoms with van der Waals surface area (Å²) in [4.78, 5) is 17.5. The highest BCUT2D eigenvalue weighted by atomic mass is 32.1. The van der Waals surface area contributed by atoms with E-state index in [9.17, 15) is 13.6 Å². The molecular formula is C19H14F2N2O3S. The Hall–Kier alpha value is -3.00. The first-order valence-electron chi connectivity index (χ1n) is 8.13. The Labute approximate surface area is 157 Å². The third-order valence-electron chi connectivity index (χ3n) is 4.14. The standard InChI is InChI=1S/C19H14F2N2O3S/c1-25-10-5-6-15-11(9-10)17-14(7-8-26-15)22-19(27-17)23-18(24)16-12(20)3-2-4-13(16)21/h2-6,9H,7-8H2,1H3,(H,22,23,24). The molecule has 27 heavy (non-hydrogen) atoms. The predicted octanol–water partition coefficient (Wildman–Crippen LogP) is 4.28. The molecule has 138 valence electrons. The fraction of sp³-hybridized carbons (Fsp3) is 0.158. The van der Waals surface area contributed by atoms with Crippen molar-refractivity contribution in [1.82, 2.24) is 4.98 Å².